The van der Waals surface area contributed by atoms with Crippen LogP contribution in [-0.2, 0) is 4.79 Å². The lowest BCUT2D eigenvalue weighted by Gasteiger charge is -2.17. The van der Waals surface area contributed by atoms with E-state index in [9.17, 15) is 4.79 Å². The zero-order valence-corrected chi connectivity index (χ0v) is 12.3. The number of hydrogen-bond donors (Lipinski definition) is 0. The molecule has 1 fully saturated rings. The first-order chi connectivity index (χ1) is 8.66. The maximum absolute atomic E-state index is 12.1. The predicted molar refractivity (Wildman–Crippen MR) is 76.5 cm³/mol. The second-order valence-electron chi connectivity index (χ2n) is 4.98. The van der Waals surface area contributed by atoms with Gasteiger partial charge in [-0.1, -0.05) is 25.7 Å². The minimum absolute atomic E-state index is 0.164. The molecule has 0 atom stereocenters. The van der Waals surface area contributed by atoms with E-state index in [4.69, 9.17) is 0 Å². The fraction of sp³-hybridized carbons (Fsp3) is 0.571. The zero-order chi connectivity index (χ0) is 13.0. The first kappa shape index (κ1) is 13.5. The fourth-order valence-electron chi connectivity index (χ4n) is 2.49. The summed E-state index contributed by atoms with van der Waals surface area (Å²) < 4.78 is 0.929. The van der Waals surface area contributed by atoms with Crippen molar-refractivity contribution in [2.45, 2.75) is 38.5 Å². The molecule has 1 aromatic heterocycles. The Morgan fingerprint density at radius 1 is 1.44 bits per heavy atom. The van der Waals surface area contributed by atoms with Crippen LogP contribution in [0.3, 0.4) is 0 Å². The summed E-state index contributed by atoms with van der Waals surface area (Å²) in [6.45, 7) is 0. The Labute approximate surface area is 117 Å². The average molecular weight is 311 g/mol. The number of aromatic nitrogens is 1. The van der Waals surface area contributed by atoms with E-state index in [1.165, 1.54) is 25.7 Å². The van der Waals surface area contributed by atoms with E-state index in [-0.39, 0.29) is 5.91 Å². The molecule has 1 aliphatic carbocycles. The SMILES string of the molecule is CN(C(=O)CCC1CCCC1)c1ccc(Br)cn1. The van der Waals surface area contributed by atoms with E-state index in [0.29, 0.717) is 6.42 Å². The molecule has 0 aliphatic heterocycles. The van der Waals surface area contributed by atoms with Crippen LogP contribution in [0.4, 0.5) is 5.82 Å². The Morgan fingerprint density at radius 3 is 2.78 bits per heavy atom. The number of hydrogen-bond acceptors (Lipinski definition) is 2. The van der Waals surface area contributed by atoms with Crippen LogP contribution < -0.4 is 4.90 Å². The summed E-state index contributed by atoms with van der Waals surface area (Å²) in [5, 5.41) is 0. The Kier molecular flexibility index (Phi) is 4.75. The van der Waals surface area contributed by atoms with Gasteiger partial charge in [-0.3, -0.25) is 9.69 Å². The quantitative estimate of drug-likeness (QED) is 0.848. The third kappa shape index (κ3) is 3.55. The summed E-state index contributed by atoms with van der Waals surface area (Å²) in [5.74, 6) is 1.64. The van der Waals surface area contributed by atoms with Gasteiger partial charge in [0.05, 0.1) is 0 Å². The first-order valence-corrected chi connectivity index (χ1v) is 7.34. The molecule has 18 heavy (non-hydrogen) atoms. The Hall–Kier alpha value is -0.900. The minimum Gasteiger partial charge on any atom is -0.300 e. The van der Waals surface area contributed by atoms with E-state index in [2.05, 4.69) is 20.9 Å². The lowest BCUT2D eigenvalue weighted by Crippen LogP contribution is -2.27. The molecule has 1 saturated carbocycles. The molecular formula is C14H19BrN2O. The third-order valence-corrected chi connectivity index (χ3v) is 4.14. The molecule has 0 bridgehead atoms. The Morgan fingerprint density at radius 2 is 2.17 bits per heavy atom. The number of nitrogens with zero attached hydrogens (tertiary/aromatic N) is 2. The van der Waals surface area contributed by atoms with Crippen LogP contribution >= 0.6 is 15.9 Å². The second kappa shape index (κ2) is 6.32. The van der Waals surface area contributed by atoms with Crippen molar-refractivity contribution in [1.82, 2.24) is 4.98 Å². The zero-order valence-electron chi connectivity index (χ0n) is 10.7. The lowest BCUT2D eigenvalue weighted by molar-refractivity contribution is -0.118. The number of amides is 1. The number of halogens is 1. The molecule has 4 heteroatoms. The largest absolute Gasteiger partial charge is 0.300 e. The number of carbonyl (C=O) groups is 1. The number of anilines is 1. The number of rotatable bonds is 4. The van der Waals surface area contributed by atoms with Crippen molar-refractivity contribution in [1.29, 1.82) is 0 Å². The van der Waals surface area contributed by atoms with Crippen LogP contribution in [0.2, 0.25) is 0 Å². The van der Waals surface area contributed by atoms with Gasteiger partial charge < -0.3 is 0 Å². The van der Waals surface area contributed by atoms with Crippen molar-refractivity contribution < 1.29 is 4.79 Å². The highest BCUT2D eigenvalue weighted by atomic mass is 79.9. The van der Waals surface area contributed by atoms with E-state index in [1.54, 1.807) is 18.1 Å². The average Bonchev–Trinajstić information content (AvgIpc) is 2.89. The highest BCUT2D eigenvalue weighted by molar-refractivity contribution is 9.10. The molecule has 3 nitrogen and oxygen atoms in total. The van der Waals surface area contributed by atoms with Crippen molar-refractivity contribution in [3.8, 4) is 0 Å². The van der Waals surface area contributed by atoms with Gasteiger partial charge in [0, 0.05) is 24.1 Å². The predicted octanol–water partition coefficient (Wildman–Crippen LogP) is 3.78. The summed E-state index contributed by atoms with van der Waals surface area (Å²) in [6, 6.07) is 3.76. The van der Waals surface area contributed by atoms with Crippen molar-refractivity contribution in [3.63, 3.8) is 0 Å². The molecule has 1 aromatic rings. The highest BCUT2D eigenvalue weighted by Gasteiger charge is 2.18. The topological polar surface area (TPSA) is 33.2 Å². The molecular weight excluding hydrogens is 292 g/mol. The summed E-state index contributed by atoms with van der Waals surface area (Å²) in [5.41, 5.74) is 0. The van der Waals surface area contributed by atoms with Crippen LogP contribution in [0.25, 0.3) is 0 Å². The standard InChI is InChI=1S/C14H19BrN2O/c1-17(13-8-7-12(15)10-16-13)14(18)9-6-11-4-2-3-5-11/h7-8,10-11H,2-6,9H2,1H3. The monoisotopic (exact) mass is 310 g/mol. The van der Waals surface area contributed by atoms with Gasteiger partial charge in [-0.2, -0.15) is 0 Å². The van der Waals surface area contributed by atoms with Gasteiger partial charge in [0.15, 0.2) is 0 Å². The lowest BCUT2D eigenvalue weighted by atomic mass is 10.0. The van der Waals surface area contributed by atoms with Crippen LogP contribution in [0.5, 0.6) is 0 Å². The molecule has 0 saturated heterocycles. The molecule has 98 valence electrons. The van der Waals surface area contributed by atoms with Gasteiger partial charge in [-0.15, -0.1) is 0 Å². The smallest absolute Gasteiger partial charge is 0.227 e. The Bertz CT molecular complexity index is 399. The Balaban J connectivity index is 1.85. The van der Waals surface area contributed by atoms with Gasteiger partial charge >= 0.3 is 0 Å². The van der Waals surface area contributed by atoms with Crippen LogP contribution in [-0.4, -0.2) is 17.9 Å². The van der Waals surface area contributed by atoms with Gasteiger partial charge in [-0.05, 0) is 40.4 Å². The molecule has 2 rings (SSSR count). The van der Waals surface area contributed by atoms with Crippen molar-refractivity contribution in [3.05, 3.63) is 22.8 Å². The number of pyridine rings is 1. The van der Waals surface area contributed by atoms with Crippen molar-refractivity contribution >= 4 is 27.7 Å². The molecule has 1 amide bonds. The molecule has 0 spiro atoms. The molecule has 0 aromatic carbocycles. The normalized spacial score (nSPS) is 15.9. The summed E-state index contributed by atoms with van der Waals surface area (Å²) >= 11 is 3.34. The van der Waals surface area contributed by atoms with Crippen molar-refractivity contribution in [2.24, 2.45) is 5.92 Å². The summed E-state index contributed by atoms with van der Waals surface area (Å²) in [7, 11) is 1.80. The maximum Gasteiger partial charge on any atom is 0.227 e. The van der Waals surface area contributed by atoms with E-state index in [1.807, 2.05) is 12.1 Å². The molecule has 1 heterocycles. The summed E-state index contributed by atoms with van der Waals surface area (Å²) in [6.07, 6.45) is 8.65. The van der Waals surface area contributed by atoms with Crippen LogP contribution in [0, 0.1) is 5.92 Å². The van der Waals surface area contributed by atoms with Crippen molar-refractivity contribution in [2.75, 3.05) is 11.9 Å². The van der Waals surface area contributed by atoms with Gasteiger partial charge in [0.1, 0.15) is 5.82 Å². The molecule has 1 aliphatic rings. The van der Waals surface area contributed by atoms with Crippen LogP contribution in [0.1, 0.15) is 38.5 Å². The second-order valence-corrected chi connectivity index (χ2v) is 5.89. The van der Waals surface area contributed by atoms with Gasteiger partial charge in [0.2, 0.25) is 5.91 Å². The van der Waals surface area contributed by atoms with Gasteiger partial charge in [-0.25, -0.2) is 4.98 Å². The molecule has 0 radical (unpaired) electrons. The highest BCUT2D eigenvalue weighted by Crippen LogP contribution is 2.28. The van der Waals surface area contributed by atoms with E-state index >= 15 is 0 Å². The maximum atomic E-state index is 12.1. The van der Waals surface area contributed by atoms with Gasteiger partial charge in [0.25, 0.3) is 0 Å². The van der Waals surface area contributed by atoms with E-state index < -0.39 is 0 Å². The first-order valence-electron chi connectivity index (χ1n) is 6.55. The number of carbonyl (C=O) groups excluding carboxylic acids is 1. The molecule has 0 unspecified atom stereocenters. The minimum atomic E-state index is 0.164. The fourth-order valence-corrected chi connectivity index (χ4v) is 2.72. The third-order valence-electron chi connectivity index (χ3n) is 3.67. The molecule has 0 N–H and O–H groups in total. The van der Waals surface area contributed by atoms with Crippen LogP contribution in [0.15, 0.2) is 22.8 Å². The van der Waals surface area contributed by atoms with E-state index in [0.717, 1.165) is 22.6 Å². The summed E-state index contributed by atoms with van der Waals surface area (Å²) in [4.78, 5) is 18.0.